The van der Waals surface area contributed by atoms with Crippen LogP contribution in [0.15, 0.2) is 34.8 Å². The van der Waals surface area contributed by atoms with Crippen molar-refractivity contribution in [1.29, 1.82) is 0 Å². The zero-order chi connectivity index (χ0) is 15.4. The van der Waals surface area contributed by atoms with Crippen molar-refractivity contribution in [2.24, 2.45) is 0 Å². The van der Waals surface area contributed by atoms with E-state index < -0.39 is 5.75 Å². The molecule has 110 valence electrons. The smallest absolute Gasteiger partial charge is 0.168 e. The molecule has 0 aliphatic carbocycles. The normalized spacial score (nSPS) is 10.6. The van der Waals surface area contributed by atoms with E-state index >= 15 is 0 Å². The van der Waals surface area contributed by atoms with Gasteiger partial charge in [0.15, 0.2) is 17.8 Å². The first-order chi connectivity index (χ1) is 10.1. The molecule has 4 nitrogen and oxygen atoms in total. The fraction of sp³-hybridized carbons (Fsp3) is 0.188. The highest BCUT2D eigenvalue weighted by atomic mass is 79.9. The van der Waals surface area contributed by atoms with E-state index in [2.05, 4.69) is 15.9 Å². The van der Waals surface area contributed by atoms with Crippen LogP contribution in [-0.2, 0) is 18.0 Å². The molecular weight excluding hydrogens is 336 g/mol. The average Bonchev–Trinajstić information content (AvgIpc) is 2.51. The van der Waals surface area contributed by atoms with Gasteiger partial charge in [-0.3, -0.25) is 4.79 Å². The van der Waals surface area contributed by atoms with Crippen LogP contribution in [-0.4, -0.2) is 16.5 Å². The first-order valence-corrected chi connectivity index (χ1v) is 7.15. The van der Waals surface area contributed by atoms with Crippen molar-refractivity contribution >= 4 is 22.2 Å². The molecule has 0 fully saturated rings. The van der Waals surface area contributed by atoms with Crippen LogP contribution in [0, 0.1) is 6.92 Å². The largest absolute Gasteiger partial charge is 0.504 e. The number of carbonyl (C=O) groups excluding carboxylic acids is 1. The minimum absolute atomic E-state index is 0.0398. The summed E-state index contributed by atoms with van der Waals surface area (Å²) in [6.07, 6.45) is 0.514. The van der Waals surface area contributed by atoms with Crippen LogP contribution in [0.5, 0.6) is 11.5 Å². The monoisotopic (exact) mass is 350 g/mol. The molecule has 0 amide bonds. The third-order valence-electron chi connectivity index (χ3n) is 3.23. The molecule has 0 saturated carbocycles. The highest BCUT2D eigenvalue weighted by Crippen LogP contribution is 2.40. The maximum absolute atomic E-state index is 11.1. The molecule has 0 heterocycles. The first kappa shape index (κ1) is 15.5. The zero-order valence-electron chi connectivity index (χ0n) is 11.5. The molecule has 0 bridgehead atoms. The van der Waals surface area contributed by atoms with Gasteiger partial charge in [-0.2, -0.15) is 0 Å². The van der Waals surface area contributed by atoms with Gasteiger partial charge in [0.2, 0.25) is 0 Å². The van der Waals surface area contributed by atoms with Crippen LogP contribution in [0.3, 0.4) is 0 Å². The molecule has 21 heavy (non-hydrogen) atoms. The fourth-order valence-electron chi connectivity index (χ4n) is 2.01. The van der Waals surface area contributed by atoms with Crippen LogP contribution in [0.25, 0.3) is 0 Å². The lowest BCUT2D eigenvalue weighted by atomic mass is 10.0. The fourth-order valence-corrected chi connectivity index (χ4v) is 2.53. The van der Waals surface area contributed by atoms with Crippen molar-refractivity contribution in [1.82, 2.24) is 0 Å². The molecule has 2 N–H and O–H groups in total. The number of hydrogen-bond acceptors (Lipinski definition) is 4. The van der Waals surface area contributed by atoms with E-state index in [4.69, 9.17) is 4.74 Å². The summed E-state index contributed by atoms with van der Waals surface area (Å²) in [5, 5.41) is 19.6. The Labute approximate surface area is 131 Å². The van der Waals surface area contributed by atoms with Crippen LogP contribution in [0.2, 0.25) is 0 Å². The second kappa shape index (κ2) is 6.74. The number of halogens is 1. The van der Waals surface area contributed by atoms with Crippen LogP contribution < -0.4 is 0 Å². The molecule has 0 spiro atoms. The number of rotatable bonds is 5. The van der Waals surface area contributed by atoms with Gasteiger partial charge < -0.3 is 14.9 Å². The topological polar surface area (TPSA) is 66.8 Å². The van der Waals surface area contributed by atoms with Gasteiger partial charge in [-0.1, -0.05) is 30.3 Å². The predicted octanol–water partition coefficient (Wildman–Crippen LogP) is 3.70. The molecule has 0 saturated heterocycles. The van der Waals surface area contributed by atoms with Crippen molar-refractivity contribution in [2.75, 3.05) is 0 Å². The molecule has 2 aromatic carbocycles. The lowest BCUT2D eigenvalue weighted by Gasteiger charge is -2.14. The molecule has 0 unspecified atom stereocenters. The highest BCUT2D eigenvalue weighted by Gasteiger charge is 2.19. The van der Waals surface area contributed by atoms with Gasteiger partial charge in [0.25, 0.3) is 0 Å². The second-order valence-corrected chi connectivity index (χ2v) is 5.42. The Morgan fingerprint density at radius 2 is 1.81 bits per heavy atom. The van der Waals surface area contributed by atoms with Gasteiger partial charge in [-0.15, -0.1) is 0 Å². The quantitative estimate of drug-likeness (QED) is 0.637. The third kappa shape index (κ3) is 3.25. The van der Waals surface area contributed by atoms with E-state index in [1.165, 1.54) is 0 Å². The number of phenolic OH excluding ortho intramolecular Hbond substituents is 2. The summed E-state index contributed by atoms with van der Waals surface area (Å²) in [4.78, 5) is 11.1. The summed E-state index contributed by atoms with van der Waals surface area (Å²) in [5.41, 5.74) is 2.05. The van der Waals surface area contributed by atoms with Gasteiger partial charge in [0, 0.05) is 15.6 Å². The van der Waals surface area contributed by atoms with Crippen molar-refractivity contribution in [3.05, 3.63) is 57.1 Å². The predicted molar refractivity (Wildman–Crippen MR) is 82.5 cm³/mol. The lowest BCUT2D eigenvalue weighted by Crippen LogP contribution is -2.02. The van der Waals surface area contributed by atoms with Crippen molar-refractivity contribution in [3.63, 3.8) is 0 Å². The third-order valence-corrected chi connectivity index (χ3v) is 4.30. The Morgan fingerprint density at radius 1 is 1.14 bits per heavy atom. The standard InChI is InChI=1S/C16H15BrO4/c1-10-14(17)13(12(7-18)16(20)15(10)19)9-21-8-11-5-3-2-4-6-11/h2-7,19-20H,8-9H2,1H3. The van der Waals surface area contributed by atoms with Crippen molar-refractivity contribution in [2.45, 2.75) is 20.1 Å². The number of aldehydes is 1. The molecule has 0 atom stereocenters. The molecule has 0 radical (unpaired) electrons. The molecule has 2 aromatic rings. The Morgan fingerprint density at radius 3 is 2.43 bits per heavy atom. The molecule has 0 aromatic heterocycles. The zero-order valence-corrected chi connectivity index (χ0v) is 13.1. The Kier molecular flexibility index (Phi) is 4.98. The van der Waals surface area contributed by atoms with Gasteiger partial charge in [0.1, 0.15) is 0 Å². The number of benzene rings is 2. The summed E-state index contributed by atoms with van der Waals surface area (Å²) in [6, 6.07) is 9.64. The Hall–Kier alpha value is -1.85. The maximum atomic E-state index is 11.1. The highest BCUT2D eigenvalue weighted by molar-refractivity contribution is 9.10. The summed E-state index contributed by atoms with van der Waals surface area (Å²) in [5.74, 6) is -0.709. The van der Waals surface area contributed by atoms with Gasteiger partial charge >= 0.3 is 0 Å². The maximum Gasteiger partial charge on any atom is 0.168 e. The van der Waals surface area contributed by atoms with Gasteiger partial charge in [0.05, 0.1) is 18.8 Å². The van der Waals surface area contributed by atoms with Crippen LogP contribution in [0.1, 0.15) is 27.0 Å². The summed E-state index contributed by atoms with van der Waals surface area (Å²) < 4.78 is 6.16. The van der Waals surface area contributed by atoms with Gasteiger partial charge in [-0.05, 0) is 28.4 Å². The molecular formula is C16H15BrO4. The van der Waals surface area contributed by atoms with E-state index in [9.17, 15) is 15.0 Å². The van der Waals surface area contributed by atoms with E-state index in [0.717, 1.165) is 5.56 Å². The Bertz CT molecular complexity index is 653. The second-order valence-electron chi connectivity index (χ2n) is 4.62. The molecule has 5 heteroatoms. The molecule has 0 aliphatic rings. The van der Waals surface area contributed by atoms with E-state index in [-0.39, 0.29) is 17.9 Å². The Balaban J connectivity index is 2.22. The summed E-state index contributed by atoms with van der Waals surface area (Å²) in [6.45, 7) is 2.19. The molecule has 2 rings (SSSR count). The number of ether oxygens (including phenoxy) is 1. The lowest BCUT2D eigenvalue weighted by molar-refractivity contribution is 0.103. The summed E-state index contributed by atoms with van der Waals surface area (Å²) >= 11 is 3.33. The van der Waals surface area contributed by atoms with E-state index in [1.807, 2.05) is 30.3 Å². The van der Waals surface area contributed by atoms with E-state index in [0.29, 0.717) is 28.5 Å². The van der Waals surface area contributed by atoms with Crippen LogP contribution >= 0.6 is 15.9 Å². The minimum Gasteiger partial charge on any atom is -0.504 e. The number of aromatic hydroxyl groups is 2. The average molecular weight is 351 g/mol. The number of carbonyl (C=O) groups is 1. The van der Waals surface area contributed by atoms with Crippen LogP contribution in [0.4, 0.5) is 0 Å². The SMILES string of the molecule is Cc1c(O)c(O)c(C=O)c(COCc2ccccc2)c1Br. The van der Waals surface area contributed by atoms with Crippen molar-refractivity contribution < 1.29 is 19.7 Å². The number of hydrogen-bond donors (Lipinski definition) is 2. The summed E-state index contributed by atoms with van der Waals surface area (Å²) in [7, 11) is 0. The minimum atomic E-state index is -0.413. The first-order valence-electron chi connectivity index (χ1n) is 6.36. The number of phenols is 2. The van der Waals surface area contributed by atoms with E-state index in [1.54, 1.807) is 6.92 Å². The molecule has 0 aliphatic heterocycles. The van der Waals surface area contributed by atoms with Crippen molar-refractivity contribution in [3.8, 4) is 11.5 Å². The van der Waals surface area contributed by atoms with Gasteiger partial charge in [-0.25, -0.2) is 0 Å².